The van der Waals surface area contributed by atoms with Crippen LogP contribution < -0.4 is 0 Å². The molecule has 5 aliphatic carbocycles. The molecule has 0 fully saturated rings. The van der Waals surface area contributed by atoms with Crippen molar-refractivity contribution in [3.05, 3.63) is 244 Å². The van der Waals surface area contributed by atoms with Crippen molar-refractivity contribution in [2.24, 2.45) is 17.8 Å². The lowest BCUT2D eigenvalue weighted by atomic mass is 9.65. The minimum Gasteiger partial charge on any atom is -0.0833 e. The fourth-order valence-electron chi connectivity index (χ4n) is 11.8. The summed E-state index contributed by atoms with van der Waals surface area (Å²) in [6.45, 7) is 9.61. The van der Waals surface area contributed by atoms with Crippen molar-refractivity contribution in [2.45, 2.75) is 64.2 Å². The molecule has 0 heteroatoms. The van der Waals surface area contributed by atoms with Crippen molar-refractivity contribution in [3.63, 3.8) is 0 Å². The van der Waals surface area contributed by atoms with Gasteiger partial charge in [-0.15, -0.1) is 0 Å². The highest BCUT2D eigenvalue weighted by Gasteiger charge is 2.48. The highest BCUT2D eigenvalue weighted by Crippen LogP contribution is 2.60. The van der Waals surface area contributed by atoms with E-state index in [-0.39, 0.29) is 5.41 Å². The zero-order valence-electron chi connectivity index (χ0n) is 36.0. The van der Waals surface area contributed by atoms with E-state index in [0.29, 0.717) is 17.8 Å². The molecule has 4 atom stereocenters. The maximum Gasteiger partial charge on any atom is 0.0710 e. The molecule has 6 aromatic rings. The van der Waals surface area contributed by atoms with Crippen LogP contribution in [0.1, 0.15) is 91.5 Å². The summed E-state index contributed by atoms with van der Waals surface area (Å²) in [5.74, 6) is 1.47. The van der Waals surface area contributed by atoms with Gasteiger partial charge in [-0.05, 0) is 138 Å². The van der Waals surface area contributed by atoms with Crippen molar-refractivity contribution in [1.29, 1.82) is 0 Å². The Kier molecular flexibility index (Phi) is 9.12. The molecule has 0 aromatic heterocycles. The third-order valence-electron chi connectivity index (χ3n) is 14.9. The van der Waals surface area contributed by atoms with Crippen LogP contribution in [0.2, 0.25) is 0 Å². The Hall–Kier alpha value is -6.24. The summed E-state index contributed by atoms with van der Waals surface area (Å²) in [7, 11) is 0. The summed E-state index contributed by atoms with van der Waals surface area (Å²) in [4.78, 5) is 0. The van der Waals surface area contributed by atoms with Crippen LogP contribution in [0, 0.1) is 17.8 Å². The van der Waals surface area contributed by atoms with E-state index in [1.807, 2.05) is 0 Å². The third kappa shape index (κ3) is 6.01. The smallest absolute Gasteiger partial charge is 0.0710 e. The number of fused-ring (bicyclic) bond motifs is 6. The van der Waals surface area contributed by atoms with Crippen molar-refractivity contribution >= 4 is 16.7 Å². The predicted octanol–water partition coefficient (Wildman–Crippen LogP) is 15.6. The van der Waals surface area contributed by atoms with Gasteiger partial charge in [-0.3, -0.25) is 0 Å². The SMILES string of the molecule is CC1C=CC(C2(c3ccccc3)c3cc(CC4=CC=C5c6ccccc6C(C)(C)C5C4)ccc3-c3c(-c4ccc(C5=C(c6ccccc6)C=CCC5C)cc4)cccc32)=CC1. The average Bonchev–Trinajstić information content (AvgIpc) is 3.72. The van der Waals surface area contributed by atoms with Gasteiger partial charge in [-0.2, -0.15) is 0 Å². The van der Waals surface area contributed by atoms with Crippen molar-refractivity contribution in [1.82, 2.24) is 0 Å². The molecule has 0 N–H and O–H groups in total. The second-order valence-electron chi connectivity index (χ2n) is 18.9. The van der Waals surface area contributed by atoms with Crippen molar-refractivity contribution in [3.8, 4) is 22.3 Å². The van der Waals surface area contributed by atoms with Gasteiger partial charge in [0.25, 0.3) is 0 Å². The molecule has 61 heavy (non-hydrogen) atoms. The summed E-state index contributed by atoms with van der Waals surface area (Å²) in [5, 5.41) is 0. The number of hydrogen-bond acceptors (Lipinski definition) is 0. The van der Waals surface area contributed by atoms with E-state index in [9.17, 15) is 0 Å². The minimum atomic E-state index is -0.434. The number of benzene rings is 6. The zero-order chi connectivity index (χ0) is 41.3. The van der Waals surface area contributed by atoms with Gasteiger partial charge in [-0.1, -0.05) is 221 Å². The Labute approximate surface area is 363 Å². The highest BCUT2D eigenvalue weighted by atomic mass is 14.5. The van der Waals surface area contributed by atoms with Crippen LogP contribution in [0.3, 0.4) is 0 Å². The lowest BCUT2D eigenvalue weighted by Crippen LogP contribution is -2.30. The molecule has 0 bridgehead atoms. The van der Waals surface area contributed by atoms with Gasteiger partial charge in [0.15, 0.2) is 0 Å². The Balaban J connectivity index is 1.05. The first-order chi connectivity index (χ1) is 29.8. The first kappa shape index (κ1) is 37.7. The van der Waals surface area contributed by atoms with Crippen LogP contribution in [-0.2, 0) is 17.3 Å². The molecule has 0 saturated heterocycles. The fraction of sp³-hybridized carbons (Fsp3) is 0.213. The normalized spacial score (nSPS) is 23.1. The van der Waals surface area contributed by atoms with Crippen molar-refractivity contribution in [2.75, 3.05) is 0 Å². The molecule has 4 unspecified atom stereocenters. The van der Waals surface area contributed by atoms with E-state index in [1.54, 1.807) is 0 Å². The maximum atomic E-state index is 2.59. The van der Waals surface area contributed by atoms with Gasteiger partial charge < -0.3 is 0 Å². The maximum absolute atomic E-state index is 2.59. The molecule has 0 saturated carbocycles. The summed E-state index contributed by atoms with van der Waals surface area (Å²) >= 11 is 0. The first-order valence-electron chi connectivity index (χ1n) is 22.6. The van der Waals surface area contributed by atoms with E-state index in [1.165, 1.54) is 94.6 Å². The Morgan fingerprint density at radius 3 is 2.10 bits per heavy atom. The molecule has 5 aliphatic rings. The molecule has 298 valence electrons. The highest BCUT2D eigenvalue weighted by molar-refractivity contribution is 5.99. The van der Waals surface area contributed by atoms with E-state index in [0.717, 1.165) is 25.7 Å². The molecular weight excluding hydrogens is 733 g/mol. The molecule has 0 radical (unpaired) electrons. The average molecular weight is 787 g/mol. The van der Waals surface area contributed by atoms with Crippen LogP contribution in [0.5, 0.6) is 0 Å². The summed E-state index contributed by atoms with van der Waals surface area (Å²) < 4.78 is 0. The fourth-order valence-corrected chi connectivity index (χ4v) is 11.8. The summed E-state index contributed by atoms with van der Waals surface area (Å²) in [5.41, 5.74) is 23.2. The largest absolute Gasteiger partial charge is 0.0833 e. The minimum absolute atomic E-state index is 0.113. The summed E-state index contributed by atoms with van der Waals surface area (Å²) in [6, 6.07) is 55.4. The van der Waals surface area contributed by atoms with Crippen LogP contribution >= 0.6 is 0 Å². The molecule has 0 nitrogen and oxygen atoms in total. The predicted molar refractivity (Wildman–Crippen MR) is 258 cm³/mol. The summed E-state index contributed by atoms with van der Waals surface area (Å²) in [6.07, 6.45) is 21.1. The molecule has 0 aliphatic heterocycles. The van der Waals surface area contributed by atoms with Gasteiger partial charge >= 0.3 is 0 Å². The first-order valence-corrected chi connectivity index (χ1v) is 22.6. The quantitative estimate of drug-likeness (QED) is 0.151. The van der Waals surface area contributed by atoms with Crippen LogP contribution in [0.25, 0.3) is 39.0 Å². The molecule has 0 amide bonds. The molecule has 6 aromatic carbocycles. The van der Waals surface area contributed by atoms with Crippen LogP contribution in [0.15, 0.2) is 199 Å². The standard InChI is InChI=1S/C61H54/c1-40-25-33-48(34-26-40)61(47-18-9-6-10-19-47)55-24-14-22-50(45-29-31-46(32-30-45)58-41(2)15-13-21-49(58)44-16-7-5-8-17-44)59(55)53-36-28-43(39-57(53)61)37-42-27-35-52-51-20-11-12-23-54(51)60(3,4)56(52)38-42/h5-14,16-25,27-36,39-41,56H,15,26,37-38H2,1-4H3. The van der Waals surface area contributed by atoms with E-state index in [2.05, 4.69) is 216 Å². The van der Waals surface area contributed by atoms with Gasteiger partial charge in [0.2, 0.25) is 0 Å². The molecule has 0 heterocycles. The second-order valence-corrected chi connectivity index (χ2v) is 18.9. The van der Waals surface area contributed by atoms with Crippen molar-refractivity contribution < 1.29 is 0 Å². The molecule has 0 spiro atoms. The number of rotatable bonds is 7. The van der Waals surface area contributed by atoms with Gasteiger partial charge in [-0.25, -0.2) is 0 Å². The Morgan fingerprint density at radius 1 is 0.590 bits per heavy atom. The number of hydrogen-bond donors (Lipinski definition) is 0. The topological polar surface area (TPSA) is 0 Å². The van der Waals surface area contributed by atoms with E-state index < -0.39 is 5.41 Å². The number of allylic oxidation sites excluding steroid dienone is 12. The van der Waals surface area contributed by atoms with Gasteiger partial charge in [0.1, 0.15) is 0 Å². The van der Waals surface area contributed by atoms with Gasteiger partial charge in [0.05, 0.1) is 5.41 Å². The van der Waals surface area contributed by atoms with E-state index in [4.69, 9.17) is 0 Å². The van der Waals surface area contributed by atoms with Gasteiger partial charge in [0, 0.05) is 0 Å². The van der Waals surface area contributed by atoms with Crippen LogP contribution in [-0.4, -0.2) is 0 Å². The monoisotopic (exact) mass is 786 g/mol. The zero-order valence-corrected chi connectivity index (χ0v) is 36.0. The second kappa shape index (κ2) is 14.7. The third-order valence-corrected chi connectivity index (χ3v) is 14.9. The molecule has 11 rings (SSSR count). The Bertz CT molecular complexity index is 2890. The van der Waals surface area contributed by atoms with Crippen LogP contribution in [0.4, 0.5) is 0 Å². The Morgan fingerprint density at radius 2 is 1.31 bits per heavy atom. The lowest BCUT2D eigenvalue weighted by Gasteiger charge is -2.36. The molecular formula is C61H54. The van der Waals surface area contributed by atoms with E-state index >= 15 is 0 Å². The lowest BCUT2D eigenvalue weighted by molar-refractivity contribution is 0.406.